The molecule has 2 aromatic rings. The van der Waals surface area contributed by atoms with E-state index in [0.29, 0.717) is 30.7 Å². The standard InChI is InChI=1S/C17H21N3O3S3/c1-4-9-19-13-8-7-12(24-2)11-15(13)25-17(19)18-16(21)14-6-5-10-20(14)26(3,22)23/h4,7-8,11,14H,1,5-6,9-10H2,2-3H3. The first-order valence-corrected chi connectivity index (χ1v) is 12.1. The molecule has 1 unspecified atom stereocenters. The summed E-state index contributed by atoms with van der Waals surface area (Å²) < 4.78 is 28.0. The van der Waals surface area contributed by atoms with E-state index in [1.54, 1.807) is 17.8 Å². The minimum atomic E-state index is -3.41. The summed E-state index contributed by atoms with van der Waals surface area (Å²) in [4.78, 5) is 18.7. The summed E-state index contributed by atoms with van der Waals surface area (Å²) in [6.45, 7) is 4.69. The van der Waals surface area contributed by atoms with Gasteiger partial charge in [0.05, 0.1) is 16.5 Å². The average Bonchev–Trinajstić information content (AvgIpc) is 3.20. The molecular formula is C17H21N3O3S3. The molecule has 6 nitrogen and oxygen atoms in total. The van der Waals surface area contributed by atoms with E-state index in [-0.39, 0.29) is 0 Å². The molecule has 0 radical (unpaired) electrons. The second-order valence-corrected chi connectivity index (χ2v) is 9.92. The molecule has 0 aliphatic carbocycles. The number of aromatic nitrogens is 1. The highest BCUT2D eigenvalue weighted by molar-refractivity contribution is 7.98. The van der Waals surface area contributed by atoms with Crippen LogP contribution in [0, 0.1) is 0 Å². The number of nitrogens with zero attached hydrogens (tertiary/aromatic N) is 3. The molecule has 0 spiro atoms. The van der Waals surface area contributed by atoms with E-state index in [1.165, 1.54) is 15.6 Å². The van der Waals surface area contributed by atoms with Gasteiger partial charge in [-0.1, -0.05) is 17.4 Å². The summed E-state index contributed by atoms with van der Waals surface area (Å²) in [5.41, 5.74) is 0.991. The SMILES string of the molecule is C=CCn1c(=NC(=O)C2CCCN2S(C)(=O)=O)sc2cc(SC)ccc21. The fraction of sp³-hybridized carbons (Fsp3) is 0.412. The van der Waals surface area contributed by atoms with Crippen molar-refractivity contribution in [3.05, 3.63) is 35.7 Å². The smallest absolute Gasteiger partial charge is 0.266 e. The molecular weight excluding hydrogens is 390 g/mol. The number of sulfonamides is 1. The van der Waals surface area contributed by atoms with Crippen LogP contribution in [0.2, 0.25) is 0 Å². The molecule has 1 saturated heterocycles. The van der Waals surface area contributed by atoms with Crippen molar-refractivity contribution in [1.82, 2.24) is 8.87 Å². The number of rotatable bonds is 5. The van der Waals surface area contributed by atoms with E-state index in [1.807, 2.05) is 23.0 Å². The Balaban J connectivity index is 2.07. The van der Waals surface area contributed by atoms with E-state index in [2.05, 4.69) is 17.6 Å². The van der Waals surface area contributed by atoms with E-state index in [0.717, 1.165) is 21.4 Å². The Kier molecular flexibility index (Phi) is 5.71. The third-order valence-corrected chi connectivity index (χ3v) is 7.38. The van der Waals surface area contributed by atoms with Crippen molar-refractivity contribution < 1.29 is 13.2 Å². The topological polar surface area (TPSA) is 71.7 Å². The lowest BCUT2D eigenvalue weighted by molar-refractivity contribution is -0.121. The molecule has 1 aliphatic rings. The van der Waals surface area contributed by atoms with Crippen LogP contribution in [0.4, 0.5) is 0 Å². The Morgan fingerprint density at radius 1 is 1.50 bits per heavy atom. The summed E-state index contributed by atoms with van der Waals surface area (Å²) >= 11 is 3.09. The largest absolute Gasteiger partial charge is 0.313 e. The predicted octanol–water partition coefficient (Wildman–Crippen LogP) is 2.46. The molecule has 0 saturated carbocycles. The molecule has 9 heteroatoms. The molecule has 1 atom stereocenters. The molecule has 1 aliphatic heterocycles. The van der Waals surface area contributed by atoms with Crippen LogP contribution in [0.3, 0.4) is 0 Å². The van der Waals surface area contributed by atoms with E-state index in [4.69, 9.17) is 0 Å². The second kappa shape index (κ2) is 7.67. The first kappa shape index (κ1) is 19.3. The number of hydrogen-bond donors (Lipinski definition) is 0. The van der Waals surface area contributed by atoms with Gasteiger partial charge < -0.3 is 4.57 Å². The number of carbonyl (C=O) groups is 1. The Morgan fingerprint density at radius 2 is 2.27 bits per heavy atom. The van der Waals surface area contributed by atoms with Crippen LogP contribution in [0.5, 0.6) is 0 Å². The van der Waals surface area contributed by atoms with Gasteiger partial charge in [0, 0.05) is 18.0 Å². The number of benzene rings is 1. The van der Waals surface area contributed by atoms with Gasteiger partial charge in [-0.15, -0.1) is 18.3 Å². The second-order valence-electron chi connectivity index (χ2n) is 6.10. The zero-order valence-electron chi connectivity index (χ0n) is 14.7. The third kappa shape index (κ3) is 3.80. The Hall–Kier alpha value is -1.42. The zero-order valence-corrected chi connectivity index (χ0v) is 17.2. The number of hydrogen-bond acceptors (Lipinski definition) is 5. The maximum atomic E-state index is 12.7. The normalized spacial score (nSPS) is 19.3. The molecule has 1 aromatic heterocycles. The summed E-state index contributed by atoms with van der Waals surface area (Å²) in [5.74, 6) is -0.401. The Morgan fingerprint density at radius 3 is 2.92 bits per heavy atom. The predicted molar refractivity (Wildman–Crippen MR) is 107 cm³/mol. The minimum Gasteiger partial charge on any atom is -0.313 e. The van der Waals surface area contributed by atoms with Crippen LogP contribution >= 0.6 is 23.1 Å². The maximum absolute atomic E-state index is 12.7. The van der Waals surface area contributed by atoms with Crippen molar-refractivity contribution in [3.8, 4) is 0 Å². The van der Waals surface area contributed by atoms with Crippen molar-refractivity contribution in [2.75, 3.05) is 19.1 Å². The van der Waals surface area contributed by atoms with Gasteiger partial charge in [-0.25, -0.2) is 8.42 Å². The zero-order chi connectivity index (χ0) is 18.9. The number of carbonyl (C=O) groups excluding carboxylic acids is 1. The van der Waals surface area contributed by atoms with Crippen LogP contribution in [0.15, 0.2) is 40.7 Å². The van der Waals surface area contributed by atoms with Gasteiger partial charge in [0.25, 0.3) is 5.91 Å². The van der Waals surface area contributed by atoms with Gasteiger partial charge in [0.15, 0.2) is 4.80 Å². The van der Waals surface area contributed by atoms with Crippen LogP contribution in [-0.2, 0) is 21.4 Å². The van der Waals surface area contributed by atoms with Crippen molar-refractivity contribution in [2.24, 2.45) is 4.99 Å². The molecule has 1 aromatic carbocycles. The van der Waals surface area contributed by atoms with E-state index < -0.39 is 22.0 Å². The molecule has 26 heavy (non-hydrogen) atoms. The number of allylic oxidation sites excluding steroid dienone is 1. The number of thioether (sulfide) groups is 1. The molecule has 1 fully saturated rings. The highest BCUT2D eigenvalue weighted by atomic mass is 32.2. The summed E-state index contributed by atoms with van der Waals surface area (Å²) in [6, 6.07) is 5.43. The van der Waals surface area contributed by atoms with Crippen molar-refractivity contribution in [2.45, 2.75) is 30.3 Å². The van der Waals surface area contributed by atoms with Crippen molar-refractivity contribution in [3.63, 3.8) is 0 Å². The lowest BCUT2D eigenvalue weighted by Crippen LogP contribution is -2.39. The van der Waals surface area contributed by atoms with Crippen molar-refractivity contribution in [1.29, 1.82) is 0 Å². The quantitative estimate of drug-likeness (QED) is 0.560. The summed E-state index contributed by atoms with van der Waals surface area (Å²) in [5, 5.41) is 0. The third-order valence-electron chi connectivity index (χ3n) is 4.32. The lowest BCUT2D eigenvalue weighted by Gasteiger charge is -2.18. The van der Waals surface area contributed by atoms with E-state index >= 15 is 0 Å². The van der Waals surface area contributed by atoms with Crippen LogP contribution < -0.4 is 4.80 Å². The summed E-state index contributed by atoms with van der Waals surface area (Å²) in [6.07, 6.45) is 6.10. The average molecular weight is 412 g/mol. The number of thiazole rings is 1. The Labute approximate surface area is 161 Å². The highest BCUT2D eigenvalue weighted by Crippen LogP contribution is 2.25. The highest BCUT2D eigenvalue weighted by Gasteiger charge is 2.36. The van der Waals surface area contributed by atoms with E-state index in [9.17, 15) is 13.2 Å². The van der Waals surface area contributed by atoms with Crippen molar-refractivity contribution >= 4 is 49.2 Å². The maximum Gasteiger partial charge on any atom is 0.266 e. The van der Waals surface area contributed by atoms with Crippen LogP contribution in [-0.4, -0.2) is 48.3 Å². The van der Waals surface area contributed by atoms with Gasteiger partial charge in [0.1, 0.15) is 6.04 Å². The van der Waals surface area contributed by atoms with Gasteiger partial charge in [-0.2, -0.15) is 9.30 Å². The lowest BCUT2D eigenvalue weighted by atomic mass is 10.2. The first-order chi connectivity index (χ1) is 12.3. The van der Waals surface area contributed by atoms with Crippen LogP contribution in [0.25, 0.3) is 10.2 Å². The monoisotopic (exact) mass is 411 g/mol. The van der Waals surface area contributed by atoms with Crippen LogP contribution in [0.1, 0.15) is 12.8 Å². The molecule has 3 rings (SSSR count). The minimum absolute atomic E-state index is 0.376. The number of amides is 1. The van der Waals surface area contributed by atoms with Gasteiger partial charge in [0.2, 0.25) is 10.0 Å². The molecule has 1 amide bonds. The van der Waals surface area contributed by atoms with Gasteiger partial charge in [-0.05, 0) is 37.3 Å². The molecule has 0 bridgehead atoms. The summed E-state index contributed by atoms with van der Waals surface area (Å²) in [7, 11) is -3.41. The molecule has 140 valence electrons. The fourth-order valence-electron chi connectivity index (χ4n) is 3.12. The first-order valence-electron chi connectivity index (χ1n) is 8.19. The number of fused-ring (bicyclic) bond motifs is 1. The molecule has 0 N–H and O–H groups in total. The Bertz CT molecular complexity index is 1020. The molecule has 2 heterocycles. The fourth-order valence-corrected chi connectivity index (χ4v) is 5.84. The van der Waals surface area contributed by atoms with Gasteiger partial charge >= 0.3 is 0 Å². The van der Waals surface area contributed by atoms with Gasteiger partial charge in [-0.3, -0.25) is 4.79 Å².